The van der Waals surface area contributed by atoms with Crippen molar-refractivity contribution in [3.05, 3.63) is 26.6 Å². The van der Waals surface area contributed by atoms with E-state index in [9.17, 15) is 19.5 Å². The van der Waals surface area contributed by atoms with Crippen molar-refractivity contribution in [1.82, 2.24) is 9.55 Å². The second-order valence-corrected chi connectivity index (χ2v) is 5.64. The zero-order valence-electron chi connectivity index (χ0n) is 11.7. The van der Waals surface area contributed by atoms with E-state index in [2.05, 4.69) is 4.98 Å². The SMILES string of the molecule is CCC(C(=O)O)n1c(C)nc2sc(C(=O)O)c(C)c2c1=O. The van der Waals surface area contributed by atoms with Crippen LogP contribution in [0.5, 0.6) is 0 Å². The van der Waals surface area contributed by atoms with Crippen molar-refractivity contribution >= 4 is 33.5 Å². The molecule has 0 aliphatic heterocycles. The Morgan fingerprint density at radius 3 is 2.43 bits per heavy atom. The Kier molecular flexibility index (Phi) is 3.82. The van der Waals surface area contributed by atoms with Crippen LogP contribution in [-0.4, -0.2) is 31.7 Å². The summed E-state index contributed by atoms with van der Waals surface area (Å²) in [5, 5.41) is 18.5. The topological polar surface area (TPSA) is 109 Å². The number of carbonyl (C=O) groups is 2. The number of aliphatic carboxylic acids is 1. The molecule has 2 rings (SSSR count). The highest BCUT2D eigenvalue weighted by Gasteiger charge is 2.25. The molecule has 0 bridgehead atoms. The summed E-state index contributed by atoms with van der Waals surface area (Å²) in [5.41, 5.74) is -0.179. The van der Waals surface area contributed by atoms with Gasteiger partial charge in [-0.2, -0.15) is 0 Å². The van der Waals surface area contributed by atoms with Gasteiger partial charge in [-0.1, -0.05) is 6.92 Å². The van der Waals surface area contributed by atoms with Gasteiger partial charge in [0.1, 0.15) is 21.6 Å². The van der Waals surface area contributed by atoms with Crippen LogP contribution in [0, 0.1) is 13.8 Å². The molecule has 1 atom stereocenters. The standard InChI is InChI=1S/C13H14N2O5S/c1-4-7(12(17)18)15-6(3)14-10-8(11(15)16)5(2)9(21-10)13(19)20/h7H,4H2,1-3H3,(H,17,18)(H,19,20). The fourth-order valence-electron chi connectivity index (χ4n) is 2.34. The Bertz CT molecular complexity index is 805. The molecule has 2 aromatic heterocycles. The Morgan fingerprint density at radius 2 is 1.95 bits per heavy atom. The van der Waals surface area contributed by atoms with Crippen LogP contribution in [0.15, 0.2) is 4.79 Å². The monoisotopic (exact) mass is 310 g/mol. The average Bonchev–Trinajstić information content (AvgIpc) is 2.71. The van der Waals surface area contributed by atoms with Gasteiger partial charge in [0.2, 0.25) is 0 Å². The number of aromatic nitrogens is 2. The molecule has 1 unspecified atom stereocenters. The molecule has 0 spiro atoms. The van der Waals surface area contributed by atoms with Gasteiger partial charge in [0.15, 0.2) is 0 Å². The van der Waals surface area contributed by atoms with E-state index in [1.54, 1.807) is 13.8 Å². The fourth-order valence-corrected chi connectivity index (χ4v) is 3.39. The summed E-state index contributed by atoms with van der Waals surface area (Å²) in [6.45, 7) is 4.74. The fraction of sp³-hybridized carbons (Fsp3) is 0.385. The van der Waals surface area contributed by atoms with Crippen molar-refractivity contribution in [2.75, 3.05) is 0 Å². The number of thiophene rings is 1. The first-order valence-corrected chi connectivity index (χ1v) is 7.09. The molecule has 0 saturated carbocycles. The average molecular weight is 310 g/mol. The second-order valence-electron chi connectivity index (χ2n) is 4.64. The number of fused-ring (bicyclic) bond motifs is 1. The summed E-state index contributed by atoms with van der Waals surface area (Å²) in [6.07, 6.45) is 0.234. The van der Waals surface area contributed by atoms with E-state index >= 15 is 0 Å². The third kappa shape index (κ3) is 2.31. The first-order valence-electron chi connectivity index (χ1n) is 6.27. The van der Waals surface area contributed by atoms with Crippen molar-refractivity contribution in [3.63, 3.8) is 0 Å². The number of carboxylic acids is 2. The molecule has 7 nitrogen and oxygen atoms in total. The van der Waals surface area contributed by atoms with Crippen molar-refractivity contribution in [1.29, 1.82) is 0 Å². The maximum Gasteiger partial charge on any atom is 0.346 e. The summed E-state index contributed by atoms with van der Waals surface area (Å²) in [4.78, 5) is 39.6. The van der Waals surface area contributed by atoms with Crippen molar-refractivity contribution in [3.8, 4) is 0 Å². The van der Waals surface area contributed by atoms with Crippen molar-refractivity contribution < 1.29 is 19.8 Å². The first kappa shape index (κ1) is 15.2. The molecule has 0 aliphatic rings. The van der Waals surface area contributed by atoms with Crippen LogP contribution in [0.4, 0.5) is 0 Å². The molecule has 112 valence electrons. The molecule has 21 heavy (non-hydrogen) atoms. The quantitative estimate of drug-likeness (QED) is 0.891. The molecule has 0 aliphatic carbocycles. The highest BCUT2D eigenvalue weighted by molar-refractivity contribution is 7.20. The highest BCUT2D eigenvalue weighted by Crippen LogP contribution is 2.28. The van der Waals surface area contributed by atoms with Gasteiger partial charge < -0.3 is 10.2 Å². The maximum atomic E-state index is 12.6. The molecule has 0 amide bonds. The normalized spacial score (nSPS) is 12.5. The molecule has 0 fully saturated rings. The van der Waals surface area contributed by atoms with Crippen molar-refractivity contribution in [2.45, 2.75) is 33.2 Å². The lowest BCUT2D eigenvalue weighted by Crippen LogP contribution is -2.32. The highest BCUT2D eigenvalue weighted by atomic mass is 32.1. The van der Waals surface area contributed by atoms with E-state index in [4.69, 9.17) is 5.11 Å². The number of aromatic carboxylic acids is 1. The van der Waals surface area contributed by atoms with Gasteiger partial charge in [-0.25, -0.2) is 14.6 Å². The molecule has 0 saturated heterocycles. The summed E-state index contributed by atoms with van der Waals surface area (Å²) in [6, 6.07) is -1.01. The van der Waals surface area contributed by atoms with E-state index in [1.165, 1.54) is 6.92 Å². The Hall–Kier alpha value is -2.22. The zero-order chi connectivity index (χ0) is 15.9. The van der Waals surface area contributed by atoms with E-state index in [1.807, 2.05) is 0 Å². The number of hydrogen-bond donors (Lipinski definition) is 2. The van der Waals surface area contributed by atoms with Crippen LogP contribution in [0.25, 0.3) is 10.2 Å². The van der Waals surface area contributed by atoms with Gasteiger partial charge in [0.05, 0.1) is 5.39 Å². The predicted octanol–water partition coefficient (Wildman–Crippen LogP) is 1.81. The number of carboxylic acid groups (broad SMARTS) is 2. The lowest BCUT2D eigenvalue weighted by molar-refractivity contribution is -0.141. The van der Waals surface area contributed by atoms with Gasteiger partial charge in [-0.05, 0) is 25.8 Å². The summed E-state index contributed by atoms with van der Waals surface area (Å²) in [7, 11) is 0. The first-order chi connectivity index (χ1) is 9.79. The van der Waals surface area contributed by atoms with Gasteiger partial charge in [0, 0.05) is 0 Å². The van der Waals surface area contributed by atoms with Crippen LogP contribution in [-0.2, 0) is 4.79 Å². The minimum atomic E-state index is -1.12. The van der Waals surface area contributed by atoms with Gasteiger partial charge >= 0.3 is 11.9 Å². The van der Waals surface area contributed by atoms with Crippen LogP contribution in [0.2, 0.25) is 0 Å². The minimum Gasteiger partial charge on any atom is -0.480 e. The summed E-state index contributed by atoms with van der Waals surface area (Å²) in [5.74, 6) is -1.97. The summed E-state index contributed by atoms with van der Waals surface area (Å²) < 4.78 is 1.12. The molecule has 2 heterocycles. The molecular weight excluding hydrogens is 296 g/mol. The zero-order valence-corrected chi connectivity index (χ0v) is 12.5. The number of rotatable bonds is 4. The largest absolute Gasteiger partial charge is 0.480 e. The van der Waals surface area contributed by atoms with Gasteiger partial charge in [-0.3, -0.25) is 9.36 Å². The van der Waals surface area contributed by atoms with Crippen LogP contribution in [0.1, 0.15) is 40.4 Å². The molecule has 8 heteroatoms. The maximum absolute atomic E-state index is 12.6. The van der Waals surface area contributed by atoms with Crippen molar-refractivity contribution in [2.24, 2.45) is 0 Å². The second kappa shape index (κ2) is 5.28. The number of nitrogens with zero attached hydrogens (tertiary/aromatic N) is 2. The smallest absolute Gasteiger partial charge is 0.346 e. The van der Waals surface area contributed by atoms with E-state index < -0.39 is 23.5 Å². The van der Waals surface area contributed by atoms with E-state index in [0.29, 0.717) is 10.4 Å². The van der Waals surface area contributed by atoms with Crippen LogP contribution in [0.3, 0.4) is 0 Å². The summed E-state index contributed by atoms with van der Waals surface area (Å²) >= 11 is 0.925. The van der Waals surface area contributed by atoms with E-state index in [0.717, 1.165) is 15.9 Å². The predicted molar refractivity (Wildman–Crippen MR) is 77.3 cm³/mol. The number of hydrogen-bond acceptors (Lipinski definition) is 5. The minimum absolute atomic E-state index is 0.0510. The molecule has 2 aromatic rings. The van der Waals surface area contributed by atoms with Gasteiger partial charge in [0.25, 0.3) is 5.56 Å². The Morgan fingerprint density at radius 1 is 1.33 bits per heavy atom. The molecule has 2 N–H and O–H groups in total. The van der Waals surface area contributed by atoms with E-state index in [-0.39, 0.29) is 22.5 Å². The Labute approximate surface area is 123 Å². The van der Waals surface area contributed by atoms with Crippen LogP contribution < -0.4 is 5.56 Å². The van der Waals surface area contributed by atoms with Gasteiger partial charge in [-0.15, -0.1) is 11.3 Å². The molecular formula is C13H14N2O5S. The van der Waals surface area contributed by atoms with Crippen LogP contribution >= 0.6 is 11.3 Å². The third-order valence-electron chi connectivity index (χ3n) is 3.35. The molecule has 0 radical (unpaired) electrons. The third-order valence-corrected chi connectivity index (χ3v) is 4.52. The Balaban J connectivity index is 2.87. The molecule has 0 aromatic carbocycles. The lowest BCUT2D eigenvalue weighted by atomic mass is 10.2. The number of aryl methyl sites for hydroxylation is 2. The lowest BCUT2D eigenvalue weighted by Gasteiger charge is -2.16.